The number of aryl methyl sites for hydroxylation is 1. The van der Waals surface area contributed by atoms with Crippen LogP contribution in [0.4, 0.5) is 5.69 Å². The third-order valence-corrected chi connectivity index (χ3v) is 1.91. The Morgan fingerprint density at radius 3 is 2.38 bits per heavy atom. The van der Waals surface area contributed by atoms with E-state index < -0.39 is 11.9 Å². The van der Waals surface area contributed by atoms with Crippen molar-refractivity contribution in [2.75, 3.05) is 5.32 Å². The molecule has 3 N–H and O–H groups in total. The van der Waals surface area contributed by atoms with Gasteiger partial charge >= 0.3 is 11.9 Å². The number of rotatable bonds is 4. The number of hydrogen-bond donors (Lipinski definition) is 3. The second-order valence-electron chi connectivity index (χ2n) is 3.14. The number of anilines is 1. The molecule has 1 aromatic rings. The molecule has 16 heavy (non-hydrogen) atoms. The molecule has 0 spiro atoms. The Bertz CT molecular complexity index is 451. The molecule has 0 aliphatic rings. The first kappa shape index (κ1) is 11.8. The fourth-order valence-corrected chi connectivity index (χ4v) is 1.13. The Kier molecular flexibility index (Phi) is 3.66. The molecule has 5 nitrogen and oxygen atoms in total. The molecular formula is C11H11NO4. The van der Waals surface area contributed by atoms with Gasteiger partial charge in [-0.1, -0.05) is 18.2 Å². The quantitative estimate of drug-likeness (QED) is 0.670. The number of carboxylic acids is 2. The molecule has 0 saturated heterocycles. The van der Waals surface area contributed by atoms with E-state index in [0.717, 1.165) is 5.56 Å². The summed E-state index contributed by atoms with van der Waals surface area (Å²) in [5.74, 6) is -2.62. The summed E-state index contributed by atoms with van der Waals surface area (Å²) in [6.07, 6.45) is 0.620. The summed E-state index contributed by atoms with van der Waals surface area (Å²) < 4.78 is 0. The molecule has 1 rings (SSSR count). The molecule has 0 aliphatic heterocycles. The number of aliphatic carboxylic acids is 2. The first-order valence-electron chi connectivity index (χ1n) is 4.51. The van der Waals surface area contributed by atoms with E-state index in [9.17, 15) is 9.59 Å². The smallest absolute Gasteiger partial charge is 0.352 e. The van der Waals surface area contributed by atoms with Crippen LogP contribution in [0.1, 0.15) is 5.56 Å². The van der Waals surface area contributed by atoms with Gasteiger partial charge < -0.3 is 15.5 Å². The van der Waals surface area contributed by atoms with Crippen molar-refractivity contribution in [3.05, 3.63) is 41.6 Å². The summed E-state index contributed by atoms with van der Waals surface area (Å²) in [7, 11) is 0. The van der Waals surface area contributed by atoms with E-state index in [1.165, 1.54) is 0 Å². The summed E-state index contributed by atoms with van der Waals surface area (Å²) in [6.45, 7) is 1.79. The molecule has 0 heterocycles. The number of benzene rings is 1. The van der Waals surface area contributed by atoms with Crippen LogP contribution >= 0.6 is 0 Å². The first-order chi connectivity index (χ1) is 7.50. The first-order valence-corrected chi connectivity index (χ1v) is 4.51. The maximum atomic E-state index is 10.8. The molecule has 0 bridgehead atoms. The molecule has 84 valence electrons. The van der Waals surface area contributed by atoms with E-state index in [2.05, 4.69) is 5.32 Å². The van der Waals surface area contributed by atoms with Gasteiger partial charge in [-0.15, -0.1) is 0 Å². The molecule has 0 unspecified atom stereocenters. The molecule has 0 saturated carbocycles. The summed E-state index contributed by atoms with van der Waals surface area (Å²) in [5.41, 5.74) is 1.03. The van der Waals surface area contributed by atoms with Gasteiger partial charge in [-0.2, -0.15) is 0 Å². The maximum absolute atomic E-state index is 10.8. The number of nitrogens with one attached hydrogen (secondary N) is 1. The van der Waals surface area contributed by atoms with Crippen LogP contribution in [-0.4, -0.2) is 22.2 Å². The lowest BCUT2D eigenvalue weighted by Crippen LogP contribution is -2.13. The van der Waals surface area contributed by atoms with Gasteiger partial charge in [0.1, 0.15) is 5.70 Å². The monoisotopic (exact) mass is 221 g/mol. The summed E-state index contributed by atoms with van der Waals surface area (Å²) >= 11 is 0. The number of carbonyl (C=O) groups is 2. The van der Waals surface area contributed by atoms with Crippen molar-refractivity contribution in [2.45, 2.75) is 6.92 Å². The van der Waals surface area contributed by atoms with Crippen molar-refractivity contribution in [1.29, 1.82) is 0 Å². The SMILES string of the molecule is Cc1ccccc1N/C(=C/C(=O)O)C(=O)O. The summed E-state index contributed by atoms with van der Waals surface area (Å²) in [5, 5.41) is 19.8. The molecule has 0 fully saturated rings. The van der Waals surface area contributed by atoms with E-state index >= 15 is 0 Å². The minimum absolute atomic E-state index is 0.373. The van der Waals surface area contributed by atoms with Gasteiger partial charge in [0.2, 0.25) is 0 Å². The van der Waals surface area contributed by atoms with E-state index in [0.29, 0.717) is 11.8 Å². The summed E-state index contributed by atoms with van der Waals surface area (Å²) in [6, 6.07) is 7.01. The third kappa shape index (κ3) is 3.13. The molecule has 0 amide bonds. The van der Waals surface area contributed by atoms with Crippen LogP contribution in [0.15, 0.2) is 36.0 Å². The van der Waals surface area contributed by atoms with Crippen molar-refractivity contribution in [3.8, 4) is 0 Å². The predicted molar refractivity (Wildman–Crippen MR) is 58.2 cm³/mol. The van der Waals surface area contributed by atoms with Gasteiger partial charge in [-0.3, -0.25) is 0 Å². The van der Waals surface area contributed by atoms with Gasteiger partial charge in [-0.25, -0.2) is 9.59 Å². The van der Waals surface area contributed by atoms with Crippen LogP contribution in [0, 0.1) is 6.92 Å². The second-order valence-corrected chi connectivity index (χ2v) is 3.14. The van der Waals surface area contributed by atoms with Crippen molar-refractivity contribution >= 4 is 17.6 Å². The van der Waals surface area contributed by atoms with Crippen LogP contribution in [-0.2, 0) is 9.59 Å². The van der Waals surface area contributed by atoms with Crippen LogP contribution in [0.3, 0.4) is 0 Å². The van der Waals surface area contributed by atoms with Crippen LogP contribution in [0.2, 0.25) is 0 Å². The predicted octanol–water partition coefficient (Wildman–Crippen LogP) is 1.46. The zero-order valence-corrected chi connectivity index (χ0v) is 8.60. The standard InChI is InChI=1S/C11H11NO4/c1-7-4-2-3-5-8(7)12-9(11(15)16)6-10(13)14/h2-6,12H,1H3,(H,13,14)(H,15,16)/b9-6+. The topological polar surface area (TPSA) is 86.6 Å². The van der Waals surface area contributed by atoms with Crippen molar-refractivity contribution < 1.29 is 19.8 Å². The molecule has 0 radical (unpaired) electrons. The molecule has 0 aromatic heterocycles. The van der Waals surface area contributed by atoms with Gasteiger partial charge in [-0.05, 0) is 18.6 Å². The zero-order valence-electron chi connectivity index (χ0n) is 8.60. The summed E-state index contributed by atoms with van der Waals surface area (Å²) in [4.78, 5) is 21.2. The lowest BCUT2D eigenvalue weighted by atomic mass is 10.2. The van der Waals surface area contributed by atoms with Crippen LogP contribution < -0.4 is 5.32 Å². The normalized spacial score (nSPS) is 10.9. The highest BCUT2D eigenvalue weighted by molar-refractivity contribution is 5.97. The average molecular weight is 221 g/mol. The van der Waals surface area contributed by atoms with Gasteiger partial charge in [0.05, 0.1) is 6.08 Å². The highest BCUT2D eigenvalue weighted by Gasteiger charge is 2.10. The Balaban J connectivity index is 2.98. The third-order valence-electron chi connectivity index (χ3n) is 1.91. The Labute approximate surface area is 92.0 Å². The maximum Gasteiger partial charge on any atom is 0.352 e. The molecular weight excluding hydrogens is 210 g/mol. The lowest BCUT2D eigenvalue weighted by Gasteiger charge is -2.08. The van der Waals surface area contributed by atoms with Crippen molar-refractivity contribution in [3.63, 3.8) is 0 Å². The van der Waals surface area contributed by atoms with E-state index in [-0.39, 0.29) is 5.70 Å². The van der Waals surface area contributed by atoms with E-state index in [4.69, 9.17) is 10.2 Å². The van der Waals surface area contributed by atoms with Crippen molar-refractivity contribution in [1.82, 2.24) is 0 Å². The van der Waals surface area contributed by atoms with Gasteiger partial charge in [0, 0.05) is 5.69 Å². The molecule has 1 aromatic carbocycles. The largest absolute Gasteiger partial charge is 0.478 e. The fourth-order valence-electron chi connectivity index (χ4n) is 1.13. The number of hydrogen-bond acceptors (Lipinski definition) is 3. The molecule has 5 heteroatoms. The average Bonchev–Trinajstić information content (AvgIpc) is 2.19. The zero-order chi connectivity index (χ0) is 12.1. The van der Waals surface area contributed by atoms with E-state index in [1.54, 1.807) is 25.1 Å². The fraction of sp³-hybridized carbons (Fsp3) is 0.0909. The number of carboxylic acid groups (broad SMARTS) is 2. The van der Waals surface area contributed by atoms with Crippen LogP contribution in [0.25, 0.3) is 0 Å². The lowest BCUT2D eigenvalue weighted by molar-refractivity contribution is -0.134. The second kappa shape index (κ2) is 4.97. The van der Waals surface area contributed by atoms with Crippen molar-refractivity contribution in [2.24, 2.45) is 0 Å². The number of para-hydroxylation sites is 1. The molecule has 0 aliphatic carbocycles. The Hall–Kier alpha value is -2.30. The van der Waals surface area contributed by atoms with Crippen LogP contribution in [0.5, 0.6) is 0 Å². The Morgan fingerprint density at radius 2 is 1.88 bits per heavy atom. The minimum atomic E-state index is -1.31. The highest BCUT2D eigenvalue weighted by atomic mass is 16.4. The van der Waals surface area contributed by atoms with E-state index in [1.807, 2.05) is 6.07 Å². The highest BCUT2D eigenvalue weighted by Crippen LogP contribution is 2.15. The van der Waals surface area contributed by atoms with Gasteiger partial charge in [0.15, 0.2) is 0 Å². The molecule has 0 atom stereocenters. The van der Waals surface area contributed by atoms with Gasteiger partial charge in [0.25, 0.3) is 0 Å². The minimum Gasteiger partial charge on any atom is -0.478 e. The Morgan fingerprint density at radius 1 is 1.25 bits per heavy atom.